The van der Waals surface area contributed by atoms with E-state index >= 15 is 0 Å². The van der Waals surface area contributed by atoms with E-state index in [-0.39, 0.29) is 18.1 Å². The van der Waals surface area contributed by atoms with Gasteiger partial charge in [-0.3, -0.25) is 9.79 Å². The van der Waals surface area contributed by atoms with Crippen molar-refractivity contribution in [1.29, 1.82) is 0 Å². The summed E-state index contributed by atoms with van der Waals surface area (Å²) < 4.78 is 5.88. The van der Waals surface area contributed by atoms with Gasteiger partial charge in [0, 0.05) is 37.1 Å². The van der Waals surface area contributed by atoms with Crippen molar-refractivity contribution in [2.45, 2.75) is 51.2 Å². The lowest BCUT2D eigenvalue weighted by molar-refractivity contribution is -0.134. The van der Waals surface area contributed by atoms with Gasteiger partial charge in [-0.15, -0.1) is 0 Å². The predicted octanol–water partition coefficient (Wildman–Crippen LogP) is 3.06. The lowest BCUT2D eigenvalue weighted by Gasteiger charge is -2.22. The molecule has 0 radical (unpaired) electrons. The number of rotatable bonds is 6. The van der Waals surface area contributed by atoms with Crippen LogP contribution in [0.5, 0.6) is 5.75 Å². The van der Waals surface area contributed by atoms with Crippen LogP contribution in [0.25, 0.3) is 0 Å². The van der Waals surface area contributed by atoms with Crippen molar-refractivity contribution in [1.82, 2.24) is 15.5 Å². The maximum atomic E-state index is 12.6. The molecule has 1 aliphatic carbocycles. The molecule has 28 heavy (non-hydrogen) atoms. The average molecular weight is 407 g/mol. The molecule has 0 bridgehead atoms. The normalized spacial score (nSPS) is 21.6. The number of guanidine groups is 1. The molecule has 2 atom stereocenters. The highest BCUT2D eigenvalue weighted by molar-refractivity contribution is 6.30. The van der Waals surface area contributed by atoms with Gasteiger partial charge in [0.05, 0.1) is 6.54 Å². The van der Waals surface area contributed by atoms with Crippen LogP contribution < -0.4 is 15.4 Å². The minimum Gasteiger partial charge on any atom is -0.489 e. The van der Waals surface area contributed by atoms with E-state index in [9.17, 15) is 4.79 Å². The molecule has 1 aliphatic heterocycles. The largest absolute Gasteiger partial charge is 0.489 e. The SMILES string of the molecule is CN=C(NCC(C)Oc1cccc(Cl)c1)NC1CCN(C(=O)C2CCCC2)C1. The topological polar surface area (TPSA) is 66.0 Å². The second-order valence-corrected chi connectivity index (χ2v) is 8.17. The highest BCUT2D eigenvalue weighted by Crippen LogP contribution is 2.27. The molecule has 2 fully saturated rings. The third-order valence-electron chi connectivity index (χ3n) is 5.46. The second kappa shape index (κ2) is 10.0. The summed E-state index contributed by atoms with van der Waals surface area (Å²) in [5.41, 5.74) is 0. The van der Waals surface area contributed by atoms with Crippen molar-refractivity contribution >= 4 is 23.5 Å². The monoisotopic (exact) mass is 406 g/mol. The van der Waals surface area contributed by atoms with Gasteiger partial charge in [-0.05, 0) is 44.4 Å². The Morgan fingerprint density at radius 2 is 2.14 bits per heavy atom. The standard InChI is InChI=1S/C21H31ClN4O2/c1-15(28-19-9-5-8-17(22)12-19)13-24-21(23-2)25-18-10-11-26(14-18)20(27)16-6-3-4-7-16/h5,8-9,12,15-16,18H,3-4,6-7,10-11,13-14H2,1-2H3,(H2,23,24,25). The molecule has 1 amide bonds. The van der Waals surface area contributed by atoms with E-state index in [2.05, 4.69) is 15.6 Å². The molecule has 7 heteroatoms. The van der Waals surface area contributed by atoms with Crippen LogP contribution in [0.1, 0.15) is 39.0 Å². The van der Waals surface area contributed by atoms with Gasteiger partial charge in [-0.25, -0.2) is 0 Å². The molecule has 1 saturated heterocycles. The molecular weight excluding hydrogens is 376 g/mol. The Kier molecular flexibility index (Phi) is 7.43. The molecule has 0 aromatic heterocycles. The number of likely N-dealkylation sites (tertiary alicyclic amines) is 1. The summed E-state index contributed by atoms with van der Waals surface area (Å²) in [5.74, 6) is 2.08. The predicted molar refractivity (Wildman–Crippen MR) is 113 cm³/mol. The molecule has 1 saturated carbocycles. The van der Waals surface area contributed by atoms with Crippen LogP contribution in [0.3, 0.4) is 0 Å². The van der Waals surface area contributed by atoms with E-state index in [1.807, 2.05) is 30.0 Å². The van der Waals surface area contributed by atoms with Gasteiger partial charge in [0.2, 0.25) is 5.91 Å². The Morgan fingerprint density at radius 1 is 1.36 bits per heavy atom. The van der Waals surface area contributed by atoms with Gasteiger partial charge in [0.15, 0.2) is 5.96 Å². The quantitative estimate of drug-likeness (QED) is 0.563. The van der Waals surface area contributed by atoms with Crippen molar-refractivity contribution in [3.8, 4) is 5.75 Å². The number of hydrogen-bond donors (Lipinski definition) is 2. The average Bonchev–Trinajstić information content (AvgIpc) is 3.36. The number of nitrogens with zero attached hydrogens (tertiary/aromatic N) is 2. The van der Waals surface area contributed by atoms with E-state index in [0.29, 0.717) is 17.5 Å². The molecule has 1 aromatic carbocycles. The molecule has 154 valence electrons. The van der Waals surface area contributed by atoms with Crippen LogP contribution in [0.4, 0.5) is 0 Å². The van der Waals surface area contributed by atoms with Gasteiger partial charge in [-0.1, -0.05) is 30.5 Å². The fraction of sp³-hybridized carbons (Fsp3) is 0.619. The van der Waals surface area contributed by atoms with Crippen LogP contribution in [-0.2, 0) is 4.79 Å². The summed E-state index contributed by atoms with van der Waals surface area (Å²) in [4.78, 5) is 18.9. The zero-order valence-electron chi connectivity index (χ0n) is 16.8. The van der Waals surface area contributed by atoms with E-state index in [1.165, 1.54) is 12.8 Å². The number of carbonyl (C=O) groups excluding carboxylic acids is 1. The first-order chi connectivity index (χ1) is 13.5. The summed E-state index contributed by atoms with van der Waals surface area (Å²) in [7, 11) is 1.76. The molecule has 3 rings (SSSR count). The van der Waals surface area contributed by atoms with E-state index in [0.717, 1.165) is 44.1 Å². The zero-order chi connectivity index (χ0) is 19.9. The van der Waals surface area contributed by atoms with Crippen LogP contribution >= 0.6 is 11.6 Å². The van der Waals surface area contributed by atoms with Crippen molar-refractivity contribution in [3.63, 3.8) is 0 Å². The molecule has 1 aromatic rings. The maximum absolute atomic E-state index is 12.6. The highest BCUT2D eigenvalue weighted by atomic mass is 35.5. The molecule has 2 N–H and O–H groups in total. The number of aliphatic imine (C=N–C) groups is 1. The first kappa shape index (κ1) is 20.8. The molecular formula is C21H31ClN4O2. The van der Waals surface area contributed by atoms with Crippen LogP contribution in [-0.4, -0.2) is 55.6 Å². The van der Waals surface area contributed by atoms with Crippen molar-refractivity contribution in [3.05, 3.63) is 29.3 Å². The van der Waals surface area contributed by atoms with E-state index in [1.54, 1.807) is 13.1 Å². The minimum absolute atomic E-state index is 0.0407. The van der Waals surface area contributed by atoms with Gasteiger partial charge < -0.3 is 20.3 Å². The first-order valence-electron chi connectivity index (χ1n) is 10.2. The summed E-state index contributed by atoms with van der Waals surface area (Å²) in [6.45, 7) is 4.20. The number of halogens is 1. The summed E-state index contributed by atoms with van der Waals surface area (Å²) >= 11 is 6.00. The van der Waals surface area contributed by atoms with E-state index < -0.39 is 0 Å². The van der Waals surface area contributed by atoms with Crippen LogP contribution in [0.15, 0.2) is 29.3 Å². The molecule has 6 nitrogen and oxygen atoms in total. The minimum atomic E-state index is -0.0407. The number of benzene rings is 1. The van der Waals surface area contributed by atoms with Crippen molar-refractivity contribution in [2.75, 3.05) is 26.7 Å². The third-order valence-corrected chi connectivity index (χ3v) is 5.69. The Hall–Kier alpha value is -1.95. The molecule has 0 spiro atoms. The number of carbonyl (C=O) groups is 1. The van der Waals surface area contributed by atoms with Gasteiger partial charge in [0.1, 0.15) is 11.9 Å². The van der Waals surface area contributed by atoms with Crippen molar-refractivity contribution < 1.29 is 9.53 Å². The number of amides is 1. The molecule has 1 heterocycles. The lowest BCUT2D eigenvalue weighted by atomic mass is 10.1. The zero-order valence-corrected chi connectivity index (χ0v) is 17.5. The summed E-state index contributed by atoms with van der Waals surface area (Å²) in [5, 5.41) is 7.41. The fourth-order valence-corrected chi connectivity index (χ4v) is 4.13. The summed E-state index contributed by atoms with van der Waals surface area (Å²) in [6.07, 6.45) is 5.41. The first-order valence-corrected chi connectivity index (χ1v) is 10.6. The second-order valence-electron chi connectivity index (χ2n) is 7.73. The van der Waals surface area contributed by atoms with Crippen molar-refractivity contribution in [2.24, 2.45) is 10.9 Å². The Labute approximate surface area is 172 Å². The fourth-order valence-electron chi connectivity index (χ4n) is 3.95. The van der Waals surface area contributed by atoms with Gasteiger partial charge in [0.25, 0.3) is 0 Å². The van der Waals surface area contributed by atoms with E-state index in [4.69, 9.17) is 16.3 Å². The lowest BCUT2D eigenvalue weighted by Crippen LogP contribution is -2.47. The summed E-state index contributed by atoms with van der Waals surface area (Å²) in [6, 6.07) is 7.63. The van der Waals surface area contributed by atoms with Gasteiger partial charge >= 0.3 is 0 Å². The maximum Gasteiger partial charge on any atom is 0.225 e. The van der Waals surface area contributed by atoms with Crippen LogP contribution in [0.2, 0.25) is 5.02 Å². The van der Waals surface area contributed by atoms with Gasteiger partial charge in [-0.2, -0.15) is 0 Å². The Bertz CT molecular complexity index is 691. The number of hydrogen-bond acceptors (Lipinski definition) is 3. The Morgan fingerprint density at radius 3 is 2.86 bits per heavy atom. The third kappa shape index (κ3) is 5.77. The highest BCUT2D eigenvalue weighted by Gasteiger charge is 2.32. The Balaban J connectivity index is 1.41. The number of nitrogens with one attached hydrogen (secondary N) is 2. The number of ether oxygens (including phenoxy) is 1. The smallest absolute Gasteiger partial charge is 0.225 e. The molecule has 2 aliphatic rings. The van der Waals surface area contributed by atoms with Crippen LogP contribution in [0, 0.1) is 5.92 Å². The molecule has 2 unspecified atom stereocenters.